The van der Waals surface area contributed by atoms with E-state index in [0.29, 0.717) is 0 Å². The van der Waals surface area contributed by atoms with Gasteiger partial charge in [-0.05, 0) is 0 Å². The van der Waals surface area contributed by atoms with Crippen LogP contribution in [0.15, 0.2) is 0 Å². The van der Waals surface area contributed by atoms with Gasteiger partial charge in [0.15, 0.2) is 0 Å². The summed E-state index contributed by atoms with van der Waals surface area (Å²) < 4.78 is 0. The van der Waals surface area contributed by atoms with Crippen LogP contribution in [0.4, 0.5) is 4.79 Å². The van der Waals surface area contributed by atoms with E-state index in [4.69, 9.17) is 9.90 Å². The van der Waals surface area contributed by atoms with Gasteiger partial charge in [0.2, 0.25) is 0 Å². The second-order valence-electron chi connectivity index (χ2n) is 1.69. The molecule has 0 unspecified atom stereocenters. The molecule has 0 atom stereocenters. The van der Waals surface area contributed by atoms with E-state index in [0.717, 1.165) is 0 Å². The lowest BCUT2D eigenvalue weighted by Crippen LogP contribution is -2.03. The molecule has 0 saturated heterocycles. The molecular formula is C8H23NO2. The van der Waals surface area contributed by atoms with Crippen LogP contribution in [-0.2, 0) is 0 Å². The first-order valence-electron chi connectivity index (χ1n) is 3.13. The Bertz CT molecular complexity index is 59.1. The van der Waals surface area contributed by atoms with E-state index in [-0.39, 0.29) is 14.9 Å². The van der Waals surface area contributed by atoms with Crippen molar-refractivity contribution in [3.05, 3.63) is 0 Å². The Morgan fingerprint density at radius 2 is 1.45 bits per heavy atom. The van der Waals surface area contributed by atoms with Crippen molar-refractivity contribution in [2.75, 3.05) is 0 Å². The maximum Gasteiger partial charge on any atom is 0.402 e. The average molecular weight is 165 g/mol. The summed E-state index contributed by atoms with van der Waals surface area (Å²) in [4.78, 5) is 8.78. The average Bonchev–Trinajstić information content (AvgIpc) is 1.66. The van der Waals surface area contributed by atoms with Crippen LogP contribution < -0.4 is 5.73 Å². The Morgan fingerprint density at radius 3 is 1.45 bits per heavy atom. The Morgan fingerprint density at radius 1 is 1.27 bits per heavy atom. The first-order chi connectivity index (χ1) is 4.15. The lowest BCUT2D eigenvalue weighted by Gasteiger charge is -1.79. The van der Waals surface area contributed by atoms with Gasteiger partial charge in [0.05, 0.1) is 0 Å². The lowest BCUT2D eigenvalue weighted by molar-refractivity contribution is 0.205. The molecule has 3 heteroatoms. The van der Waals surface area contributed by atoms with Crippen molar-refractivity contribution >= 4 is 6.09 Å². The van der Waals surface area contributed by atoms with Crippen LogP contribution in [-0.4, -0.2) is 11.2 Å². The second kappa shape index (κ2) is 22.8. The Labute approximate surface area is 70.6 Å². The van der Waals surface area contributed by atoms with Gasteiger partial charge in [-0.25, -0.2) is 4.79 Å². The minimum Gasteiger partial charge on any atom is -0.465 e. The van der Waals surface area contributed by atoms with Gasteiger partial charge < -0.3 is 10.8 Å². The van der Waals surface area contributed by atoms with Crippen LogP contribution in [0.3, 0.4) is 0 Å². The number of hydrogen-bond acceptors (Lipinski definition) is 1. The van der Waals surface area contributed by atoms with Gasteiger partial charge in [0, 0.05) is 0 Å². The van der Waals surface area contributed by atoms with Crippen molar-refractivity contribution < 1.29 is 9.90 Å². The van der Waals surface area contributed by atoms with Crippen molar-refractivity contribution in [1.29, 1.82) is 0 Å². The number of hydrogen-bond donors (Lipinski definition) is 2. The summed E-state index contributed by atoms with van der Waals surface area (Å²) in [5.74, 6) is 0. The summed E-state index contributed by atoms with van der Waals surface area (Å²) in [7, 11) is 0. The predicted octanol–water partition coefficient (Wildman–Crippen LogP) is 3.09. The van der Waals surface area contributed by atoms with Crippen molar-refractivity contribution in [3.63, 3.8) is 0 Å². The molecule has 0 aromatic carbocycles. The van der Waals surface area contributed by atoms with Crippen molar-refractivity contribution in [3.8, 4) is 0 Å². The molecular weight excluding hydrogens is 142 g/mol. The smallest absolute Gasteiger partial charge is 0.402 e. The molecule has 0 aliphatic rings. The molecule has 1 amide bonds. The summed E-state index contributed by atoms with van der Waals surface area (Å²) in [5, 5.41) is 7.19. The fourth-order valence-corrected chi connectivity index (χ4v) is 0.354. The monoisotopic (exact) mass is 165 g/mol. The highest BCUT2D eigenvalue weighted by atomic mass is 16.4. The van der Waals surface area contributed by atoms with Crippen LogP contribution in [0.1, 0.15) is 48.0 Å². The Balaban J connectivity index is -0.0000000383. The zero-order chi connectivity index (χ0) is 7.70. The molecule has 0 aromatic heterocycles. The van der Waals surface area contributed by atoms with E-state index in [1.54, 1.807) is 0 Å². The standard InChI is InChI=1S/C5H12.CH3NO2.2CH4/c1-3-5-4-2;2-1(3)4;;/h3-5H2,1-2H3;2H2,(H,3,4);2*1H4. The van der Waals surface area contributed by atoms with Gasteiger partial charge >= 0.3 is 6.09 Å². The highest BCUT2D eigenvalue weighted by molar-refractivity contribution is 5.61. The summed E-state index contributed by atoms with van der Waals surface area (Å²) in [5.41, 5.74) is 4.03. The first-order valence-corrected chi connectivity index (χ1v) is 3.13. The Hall–Kier alpha value is -0.730. The fraction of sp³-hybridized carbons (Fsp3) is 0.875. The first kappa shape index (κ1) is 22.4. The normalized spacial score (nSPS) is 6.00. The molecule has 0 rings (SSSR count). The van der Waals surface area contributed by atoms with E-state index >= 15 is 0 Å². The van der Waals surface area contributed by atoms with E-state index in [2.05, 4.69) is 19.6 Å². The fourth-order valence-electron chi connectivity index (χ4n) is 0.354. The maximum absolute atomic E-state index is 8.78. The van der Waals surface area contributed by atoms with Gasteiger partial charge in [-0.3, -0.25) is 0 Å². The SMILES string of the molecule is C.C.CCCCC.NC(=O)O. The molecule has 0 aromatic rings. The zero-order valence-corrected chi connectivity index (χ0v) is 6.05. The van der Waals surface area contributed by atoms with Crippen molar-refractivity contribution in [2.45, 2.75) is 48.0 Å². The number of primary amides is 1. The largest absolute Gasteiger partial charge is 0.465 e. The van der Waals surface area contributed by atoms with Gasteiger partial charge in [-0.1, -0.05) is 48.0 Å². The van der Waals surface area contributed by atoms with E-state index in [1.165, 1.54) is 19.3 Å². The predicted molar refractivity (Wildman–Crippen MR) is 50.9 cm³/mol. The van der Waals surface area contributed by atoms with Crippen LogP contribution in [0.25, 0.3) is 0 Å². The summed E-state index contributed by atoms with van der Waals surface area (Å²) in [6.07, 6.45) is 2.74. The maximum atomic E-state index is 8.78. The number of carbonyl (C=O) groups is 1. The van der Waals surface area contributed by atoms with Crippen LogP contribution >= 0.6 is 0 Å². The minimum absolute atomic E-state index is 0. The van der Waals surface area contributed by atoms with Gasteiger partial charge in [-0.2, -0.15) is 0 Å². The summed E-state index contributed by atoms with van der Waals surface area (Å²) >= 11 is 0. The molecule has 0 saturated carbocycles. The van der Waals surface area contributed by atoms with Crippen LogP contribution in [0.2, 0.25) is 0 Å². The number of carboxylic acid groups (broad SMARTS) is 1. The number of nitrogens with two attached hydrogens (primary N) is 1. The quantitative estimate of drug-likeness (QED) is 0.660. The molecule has 0 fully saturated rings. The number of rotatable bonds is 2. The lowest BCUT2D eigenvalue weighted by atomic mass is 10.3. The van der Waals surface area contributed by atoms with E-state index < -0.39 is 6.09 Å². The summed E-state index contributed by atoms with van der Waals surface area (Å²) in [6, 6.07) is 0. The third-order valence-electron chi connectivity index (χ3n) is 0.707. The highest BCUT2D eigenvalue weighted by Crippen LogP contribution is 1.88. The summed E-state index contributed by atoms with van der Waals surface area (Å²) in [6.45, 7) is 4.42. The number of unbranched alkanes of at least 4 members (excludes halogenated alkanes) is 2. The number of amides is 1. The molecule has 0 aliphatic heterocycles. The van der Waals surface area contributed by atoms with Crippen molar-refractivity contribution in [2.24, 2.45) is 5.73 Å². The molecule has 0 bridgehead atoms. The van der Waals surface area contributed by atoms with Crippen molar-refractivity contribution in [1.82, 2.24) is 0 Å². The highest BCUT2D eigenvalue weighted by Gasteiger charge is 1.68. The van der Waals surface area contributed by atoms with E-state index in [9.17, 15) is 0 Å². The van der Waals surface area contributed by atoms with Crippen LogP contribution in [0.5, 0.6) is 0 Å². The van der Waals surface area contributed by atoms with Gasteiger partial charge in [0.25, 0.3) is 0 Å². The minimum atomic E-state index is -1.33. The second-order valence-corrected chi connectivity index (χ2v) is 1.69. The third-order valence-corrected chi connectivity index (χ3v) is 0.707. The molecule has 0 aliphatic carbocycles. The third kappa shape index (κ3) is 304. The molecule has 11 heavy (non-hydrogen) atoms. The zero-order valence-electron chi connectivity index (χ0n) is 6.05. The Kier molecular flexibility index (Phi) is 46.6. The molecule has 0 heterocycles. The molecule has 0 radical (unpaired) electrons. The van der Waals surface area contributed by atoms with Gasteiger partial charge in [-0.15, -0.1) is 0 Å². The molecule has 3 N–H and O–H groups in total. The van der Waals surface area contributed by atoms with E-state index in [1.807, 2.05) is 0 Å². The molecule has 0 spiro atoms. The topological polar surface area (TPSA) is 63.3 Å². The molecule has 72 valence electrons. The van der Waals surface area contributed by atoms with Crippen LogP contribution in [0, 0.1) is 0 Å². The molecule has 3 nitrogen and oxygen atoms in total. The van der Waals surface area contributed by atoms with Gasteiger partial charge in [0.1, 0.15) is 0 Å².